The molecule has 2 aromatic rings. The number of aromatic amines is 1. The molecule has 0 spiro atoms. The minimum Gasteiger partial charge on any atom is -0.296 e. The predicted octanol–water partition coefficient (Wildman–Crippen LogP) is 3.96. The third-order valence-corrected chi connectivity index (χ3v) is 6.35. The number of H-pyrrole nitrogens is 1. The minimum absolute atomic E-state index is 0.716. The number of piperidine rings is 1. The van der Waals surface area contributed by atoms with Crippen LogP contribution in [0.15, 0.2) is 18.3 Å². The predicted molar refractivity (Wildman–Crippen MR) is 106 cm³/mol. The molecule has 1 saturated heterocycles. The summed E-state index contributed by atoms with van der Waals surface area (Å²) in [6, 6.07) is 5.52. The number of rotatable bonds is 4. The van der Waals surface area contributed by atoms with Gasteiger partial charge in [0.2, 0.25) is 0 Å². The lowest BCUT2D eigenvalue weighted by Crippen LogP contribution is -2.37. The van der Waals surface area contributed by atoms with Crippen molar-refractivity contribution in [2.24, 2.45) is 0 Å². The summed E-state index contributed by atoms with van der Waals surface area (Å²) in [5.41, 5.74) is 8.59. The molecule has 1 fully saturated rings. The lowest BCUT2D eigenvalue weighted by atomic mass is 9.96. The molecule has 1 atom stereocenters. The number of nitrogens with one attached hydrogen (secondary N) is 1. The number of fused-ring (bicyclic) bond motifs is 1. The van der Waals surface area contributed by atoms with Gasteiger partial charge >= 0.3 is 0 Å². The second-order valence-electron chi connectivity index (χ2n) is 8.36. The van der Waals surface area contributed by atoms with Crippen LogP contribution in [-0.2, 0) is 26.1 Å². The molecule has 0 bridgehead atoms. The van der Waals surface area contributed by atoms with Crippen molar-refractivity contribution >= 4 is 0 Å². The van der Waals surface area contributed by atoms with E-state index >= 15 is 0 Å². The lowest BCUT2D eigenvalue weighted by molar-refractivity contribution is 0.152. The van der Waals surface area contributed by atoms with Crippen molar-refractivity contribution in [3.05, 3.63) is 51.8 Å². The van der Waals surface area contributed by atoms with Crippen LogP contribution in [0.4, 0.5) is 0 Å². The van der Waals surface area contributed by atoms with E-state index in [0.29, 0.717) is 6.04 Å². The SMILES string of the molecule is Cc1cc(CN2CCc3[nH]ncc3C2)c(C)c(CN2CCCCC2C)c1. The van der Waals surface area contributed by atoms with Gasteiger partial charge in [-0.1, -0.05) is 24.1 Å². The summed E-state index contributed by atoms with van der Waals surface area (Å²) in [5.74, 6) is 0. The summed E-state index contributed by atoms with van der Waals surface area (Å²) >= 11 is 0. The molecule has 140 valence electrons. The molecular formula is C22H32N4. The van der Waals surface area contributed by atoms with E-state index in [1.807, 2.05) is 6.20 Å². The molecule has 1 unspecified atom stereocenters. The van der Waals surface area contributed by atoms with Gasteiger partial charge in [-0.3, -0.25) is 14.9 Å². The number of nitrogens with zero attached hydrogens (tertiary/aromatic N) is 3. The topological polar surface area (TPSA) is 35.2 Å². The standard InChI is InChI=1S/C22H32N4/c1-16-10-19(13-25-9-7-22-21(14-25)12-23-24-22)18(3)20(11-16)15-26-8-5-4-6-17(26)2/h10-12,17H,4-9,13-15H2,1-3H3,(H,23,24). The summed E-state index contributed by atoms with van der Waals surface area (Å²) in [6.45, 7) is 12.5. The molecule has 1 N–H and O–H groups in total. The fourth-order valence-electron chi connectivity index (χ4n) is 4.61. The van der Waals surface area contributed by atoms with Gasteiger partial charge < -0.3 is 0 Å². The van der Waals surface area contributed by atoms with Crippen LogP contribution in [0.2, 0.25) is 0 Å². The van der Waals surface area contributed by atoms with E-state index in [-0.39, 0.29) is 0 Å². The molecular weight excluding hydrogens is 320 g/mol. The third kappa shape index (κ3) is 3.72. The van der Waals surface area contributed by atoms with Crippen molar-refractivity contribution in [1.29, 1.82) is 0 Å². The molecule has 1 aromatic heterocycles. The zero-order chi connectivity index (χ0) is 18.1. The van der Waals surface area contributed by atoms with Crippen LogP contribution in [0.3, 0.4) is 0 Å². The summed E-state index contributed by atoms with van der Waals surface area (Å²) in [6.07, 6.45) is 7.16. The highest BCUT2D eigenvalue weighted by Gasteiger charge is 2.21. The van der Waals surface area contributed by atoms with Crippen LogP contribution < -0.4 is 0 Å². The molecule has 2 aliphatic heterocycles. The highest BCUT2D eigenvalue weighted by atomic mass is 15.2. The van der Waals surface area contributed by atoms with E-state index < -0.39 is 0 Å². The monoisotopic (exact) mass is 352 g/mol. The Hall–Kier alpha value is -1.65. The first-order chi connectivity index (χ1) is 12.6. The maximum atomic E-state index is 4.21. The van der Waals surface area contributed by atoms with Crippen LogP contribution in [-0.4, -0.2) is 39.1 Å². The smallest absolute Gasteiger partial charge is 0.0535 e. The average molecular weight is 353 g/mol. The summed E-state index contributed by atoms with van der Waals surface area (Å²) in [7, 11) is 0. The summed E-state index contributed by atoms with van der Waals surface area (Å²) in [4.78, 5) is 5.24. The molecule has 4 rings (SSSR count). The Labute approximate surface area is 157 Å². The number of hydrogen-bond donors (Lipinski definition) is 1. The Morgan fingerprint density at radius 3 is 2.73 bits per heavy atom. The molecule has 0 amide bonds. The second kappa shape index (κ2) is 7.53. The average Bonchev–Trinajstić information content (AvgIpc) is 3.08. The van der Waals surface area contributed by atoms with Crippen molar-refractivity contribution in [1.82, 2.24) is 20.0 Å². The van der Waals surface area contributed by atoms with Crippen molar-refractivity contribution < 1.29 is 0 Å². The maximum Gasteiger partial charge on any atom is 0.0535 e. The fraction of sp³-hybridized carbons (Fsp3) is 0.591. The first kappa shape index (κ1) is 17.7. The van der Waals surface area contributed by atoms with Gasteiger partial charge in [0.25, 0.3) is 0 Å². The molecule has 4 nitrogen and oxygen atoms in total. The van der Waals surface area contributed by atoms with Crippen molar-refractivity contribution in [2.75, 3.05) is 13.1 Å². The van der Waals surface area contributed by atoms with E-state index in [1.54, 1.807) is 0 Å². The first-order valence-electron chi connectivity index (χ1n) is 10.2. The van der Waals surface area contributed by atoms with Gasteiger partial charge in [-0.15, -0.1) is 0 Å². The van der Waals surface area contributed by atoms with Gasteiger partial charge in [0.1, 0.15) is 0 Å². The van der Waals surface area contributed by atoms with E-state index in [4.69, 9.17) is 0 Å². The highest BCUT2D eigenvalue weighted by Crippen LogP contribution is 2.25. The molecule has 26 heavy (non-hydrogen) atoms. The normalized spacial score (nSPS) is 21.7. The number of hydrogen-bond acceptors (Lipinski definition) is 3. The van der Waals surface area contributed by atoms with Gasteiger partial charge in [0.15, 0.2) is 0 Å². The van der Waals surface area contributed by atoms with Crippen molar-refractivity contribution in [3.63, 3.8) is 0 Å². The Morgan fingerprint density at radius 1 is 1.12 bits per heavy atom. The van der Waals surface area contributed by atoms with Gasteiger partial charge in [0.05, 0.1) is 6.20 Å². The minimum atomic E-state index is 0.716. The molecule has 0 aliphatic carbocycles. The Morgan fingerprint density at radius 2 is 1.92 bits per heavy atom. The molecule has 3 heterocycles. The van der Waals surface area contributed by atoms with Crippen molar-refractivity contribution in [3.8, 4) is 0 Å². The van der Waals surface area contributed by atoms with Crippen molar-refractivity contribution in [2.45, 2.75) is 72.1 Å². The van der Waals surface area contributed by atoms with E-state index in [9.17, 15) is 0 Å². The molecule has 2 aliphatic rings. The van der Waals surface area contributed by atoms with Crippen LogP contribution in [0.1, 0.15) is 59.7 Å². The fourth-order valence-corrected chi connectivity index (χ4v) is 4.61. The van der Waals surface area contributed by atoms with Crippen LogP contribution in [0.5, 0.6) is 0 Å². The first-order valence-corrected chi connectivity index (χ1v) is 10.2. The molecule has 4 heteroatoms. The third-order valence-electron chi connectivity index (χ3n) is 6.35. The second-order valence-corrected chi connectivity index (χ2v) is 8.36. The lowest BCUT2D eigenvalue weighted by Gasteiger charge is -2.34. The molecule has 0 saturated carbocycles. The Balaban J connectivity index is 1.51. The molecule has 0 radical (unpaired) electrons. The number of aromatic nitrogens is 2. The van der Waals surface area contributed by atoms with Crippen LogP contribution in [0, 0.1) is 13.8 Å². The van der Waals surface area contributed by atoms with E-state index in [1.165, 1.54) is 59.3 Å². The highest BCUT2D eigenvalue weighted by molar-refractivity contribution is 5.38. The quantitative estimate of drug-likeness (QED) is 0.905. The molecule has 1 aromatic carbocycles. The van der Waals surface area contributed by atoms with Crippen LogP contribution in [0.25, 0.3) is 0 Å². The van der Waals surface area contributed by atoms with Gasteiger partial charge in [-0.2, -0.15) is 5.10 Å². The Kier molecular flexibility index (Phi) is 5.14. The number of likely N-dealkylation sites (tertiary alicyclic amines) is 1. The zero-order valence-corrected chi connectivity index (χ0v) is 16.5. The summed E-state index contributed by atoms with van der Waals surface area (Å²) < 4.78 is 0. The van der Waals surface area contributed by atoms with E-state index in [2.05, 4.69) is 52.9 Å². The Bertz CT molecular complexity index is 763. The maximum absolute atomic E-state index is 4.21. The van der Waals surface area contributed by atoms with Crippen LogP contribution >= 0.6 is 0 Å². The zero-order valence-electron chi connectivity index (χ0n) is 16.5. The van der Waals surface area contributed by atoms with Gasteiger partial charge in [0, 0.05) is 49.9 Å². The largest absolute Gasteiger partial charge is 0.296 e. The van der Waals surface area contributed by atoms with E-state index in [0.717, 1.165) is 32.6 Å². The van der Waals surface area contributed by atoms with Gasteiger partial charge in [-0.25, -0.2) is 0 Å². The summed E-state index contributed by atoms with van der Waals surface area (Å²) in [5, 5.41) is 7.35. The number of aryl methyl sites for hydroxylation is 1. The number of benzene rings is 1. The van der Waals surface area contributed by atoms with Gasteiger partial charge in [-0.05, 0) is 56.8 Å².